The van der Waals surface area contributed by atoms with Crippen LogP contribution in [-0.4, -0.2) is 58.4 Å². The third-order valence-electron chi connectivity index (χ3n) is 2.63. The zero-order chi connectivity index (χ0) is 12.6. The summed E-state index contributed by atoms with van der Waals surface area (Å²) < 4.78 is 2.20. The first-order chi connectivity index (χ1) is 7.95. The normalized spacial score (nSPS) is 22.8. The standard InChI is InChI=1S/C11H17N4PSe/c1-14(2)11-12-9-7-5-6-8-10(9)13-16(11,17)15(3)4/h5-8H,1-4H3,(H,13,17). The molecule has 0 bridgehead atoms. The van der Waals surface area contributed by atoms with Crippen molar-refractivity contribution in [1.82, 2.24) is 9.57 Å². The van der Waals surface area contributed by atoms with Crippen molar-refractivity contribution in [3.05, 3.63) is 24.3 Å². The summed E-state index contributed by atoms with van der Waals surface area (Å²) in [4.78, 5) is 6.85. The number of para-hydroxylation sites is 2. The predicted molar refractivity (Wildman–Crippen MR) is 77.2 cm³/mol. The number of nitrogens with zero attached hydrogens (tertiary/aromatic N) is 3. The van der Waals surface area contributed by atoms with Gasteiger partial charge in [-0.05, 0) is 0 Å². The van der Waals surface area contributed by atoms with Gasteiger partial charge in [-0.2, -0.15) is 0 Å². The van der Waals surface area contributed by atoms with Crippen LogP contribution < -0.4 is 5.09 Å². The van der Waals surface area contributed by atoms with Crippen molar-refractivity contribution in [2.45, 2.75) is 0 Å². The Bertz CT molecular complexity index is 510. The van der Waals surface area contributed by atoms with Gasteiger partial charge in [-0.1, -0.05) is 0 Å². The molecule has 4 nitrogen and oxygen atoms in total. The van der Waals surface area contributed by atoms with Gasteiger partial charge in [0.25, 0.3) is 0 Å². The van der Waals surface area contributed by atoms with Gasteiger partial charge >= 0.3 is 110 Å². The Kier molecular flexibility index (Phi) is 3.46. The fraction of sp³-hybridized carbons (Fsp3) is 0.364. The van der Waals surface area contributed by atoms with E-state index in [2.05, 4.69) is 49.9 Å². The minimum atomic E-state index is -1.70. The van der Waals surface area contributed by atoms with E-state index in [4.69, 9.17) is 4.99 Å². The molecule has 1 unspecified atom stereocenters. The van der Waals surface area contributed by atoms with E-state index < -0.39 is 5.81 Å². The number of hydrogen-bond acceptors (Lipinski definition) is 4. The quantitative estimate of drug-likeness (QED) is 0.636. The number of fused-ring (bicyclic) bond motifs is 1. The molecule has 0 radical (unpaired) electrons. The fourth-order valence-electron chi connectivity index (χ4n) is 1.70. The first-order valence-corrected chi connectivity index (χ1v) is 9.32. The summed E-state index contributed by atoms with van der Waals surface area (Å²) in [6, 6.07) is 8.14. The van der Waals surface area contributed by atoms with Gasteiger partial charge in [-0.15, -0.1) is 0 Å². The van der Waals surface area contributed by atoms with E-state index in [-0.39, 0.29) is 0 Å². The van der Waals surface area contributed by atoms with Crippen molar-refractivity contribution in [3.63, 3.8) is 0 Å². The van der Waals surface area contributed by atoms with Crippen molar-refractivity contribution in [1.29, 1.82) is 0 Å². The molecule has 0 saturated heterocycles. The van der Waals surface area contributed by atoms with E-state index in [0.717, 1.165) is 17.0 Å². The molecular formula is C11H17N4PSe. The van der Waals surface area contributed by atoms with Crippen LogP contribution in [0.2, 0.25) is 0 Å². The Morgan fingerprint density at radius 2 is 1.82 bits per heavy atom. The molecule has 1 aliphatic heterocycles. The van der Waals surface area contributed by atoms with Crippen molar-refractivity contribution in [3.8, 4) is 0 Å². The van der Waals surface area contributed by atoms with Crippen LogP contribution in [0.25, 0.3) is 0 Å². The van der Waals surface area contributed by atoms with Crippen LogP contribution >= 0.6 is 5.81 Å². The summed E-state index contributed by atoms with van der Waals surface area (Å²) in [7, 11) is 8.21. The Labute approximate surface area is 110 Å². The summed E-state index contributed by atoms with van der Waals surface area (Å²) >= 11 is 3.32. The maximum atomic E-state index is 4.78. The molecular weight excluding hydrogens is 298 g/mol. The SMILES string of the molecule is CN(C)C1=Nc2ccccc2NP1(=[Se])N(C)C. The molecule has 1 atom stereocenters. The molecule has 1 N–H and O–H groups in total. The Balaban J connectivity index is 2.59. The summed E-state index contributed by atoms with van der Waals surface area (Å²) in [5.74, 6) is -1.70. The van der Waals surface area contributed by atoms with Crippen molar-refractivity contribution in [2.75, 3.05) is 33.3 Å². The number of hydrogen-bond donors (Lipinski definition) is 1. The number of amidine groups is 1. The fourth-order valence-corrected chi connectivity index (χ4v) is 5.57. The molecule has 1 heterocycles. The molecule has 17 heavy (non-hydrogen) atoms. The Morgan fingerprint density at radius 3 is 2.41 bits per heavy atom. The molecule has 0 amide bonds. The van der Waals surface area contributed by atoms with E-state index in [9.17, 15) is 0 Å². The van der Waals surface area contributed by atoms with Crippen LogP contribution in [0.4, 0.5) is 11.4 Å². The van der Waals surface area contributed by atoms with E-state index in [0.29, 0.717) is 0 Å². The topological polar surface area (TPSA) is 30.9 Å². The van der Waals surface area contributed by atoms with E-state index in [1.165, 1.54) is 0 Å². The number of nitrogens with one attached hydrogen (secondary N) is 1. The Hall–Kier alpha value is -0.601. The molecule has 92 valence electrons. The number of benzene rings is 1. The van der Waals surface area contributed by atoms with Gasteiger partial charge in [0.2, 0.25) is 0 Å². The molecule has 0 saturated carbocycles. The molecule has 1 aromatic carbocycles. The maximum absolute atomic E-state index is 4.78. The number of anilines is 1. The molecule has 0 spiro atoms. The third-order valence-corrected chi connectivity index (χ3v) is 9.00. The summed E-state index contributed by atoms with van der Waals surface area (Å²) in [6.45, 7) is 0. The average Bonchev–Trinajstić information content (AvgIpc) is 2.27. The zero-order valence-corrected chi connectivity index (χ0v) is 13.1. The van der Waals surface area contributed by atoms with Gasteiger partial charge in [0.1, 0.15) is 0 Å². The second-order valence-corrected chi connectivity index (χ2v) is 10.3. The molecule has 1 aromatic rings. The van der Waals surface area contributed by atoms with Gasteiger partial charge in [0, 0.05) is 0 Å². The van der Waals surface area contributed by atoms with Gasteiger partial charge < -0.3 is 0 Å². The van der Waals surface area contributed by atoms with E-state index >= 15 is 0 Å². The van der Waals surface area contributed by atoms with Crippen LogP contribution in [0, 0.1) is 0 Å². The second-order valence-electron chi connectivity index (χ2n) is 4.36. The first kappa shape index (κ1) is 12.8. The Morgan fingerprint density at radius 1 is 1.18 bits per heavy atom. The molecule has 1 aliphatic rings. The van der Waals surface area contributed by atoms with Crippen LogP contribution in [0.3, 0.4) is 0 Å². The molecule has 6 heteroatoms. The minimum absolute atomic E-state index is 1.00. The van der Waals surface area contributed by atoms with Crippen molar-refractivity contribution >= 4 is 37.9 Å². The van der Waals surface area contributed by atoms with Crippen LogP contribution in [0.15, 0.2) is 29.3 Å². The van der Waals surface area contributed by atoms with Gasteiger partial charge in [0.15, 0.2) is 0 Å². The predicted octanol–water partition coefficient (Wildman–Crippen LogP) is 2.15. The zero-order valence-electron chi connectivity index (χ0n) is 10.5. The van der Waals surface area contributed by atoms with Gasteiger partial charge in [-0.25, -0.2) is 0 Å². The van der Waals surface area contributed by atoms with Crippen LogP contribution in [-0.2, 0) is 0 Å². The summed E-state index contributed by atoms with van der Waals surface area (Å²) in [5.41, 5.74) is 3.17. The van der Waals surface area contributed by atoms with E-state index in [1.807, 2.05) is 32.3 Å². The molecule has 0 fully saturated rings. The molecule has 2 rings (SSSR count). The van der Waals surface area contributed by atoms with E-state index in [1.54, 1.807) is 0 Å². The average molecular weight is 315 g/mol. The van der Waals surface area contributed by atoms with Crippen LogP contribution in [0.1, 0.15) is 0 Å². The van der Waals surface area contributed by atoms with Gasteiger partial charge in [0.05, 0.1) is 0 Å². The summed E-state index contributed by atoms with van der Waals surface area (Å²) in [5, 5.41) is 3.61. The van der Waals surface area contributed by atoms with Crippen molar-refractivity contribution < 1.29 is 0 Å². The van der Waals surface area contributed by atoms with Gasteiger partial charge in [-0.3, -0.25) is 0 Å². The monoisotopic (exact) mass is 316 g/mol. The summed E-state index contributed by atoms with van der Waals surface area (Å²) in [6.07, 6.45) is 0. The van der Waals surface area contributed by atoms with Crippen LogP contribution in [0.5, 0.6) is 0 Å². The second kappa shape index (κ2) is 4.58. The molecule has 0 aliphatic carbocycles. The number of rotatable bonds is 1. The third kappa shape index (κ3) is 2.21. The first-order valence-electron chi connectivity index (χ1n) is 5.37. The number of aliphatic imine (C=N–C) groups is 1. The molecule has 0 aromatic heterocycles. The van der Waals surface area contributed by atoms with Crippen molar-refractivity contribution in [2.24, 2.45) is 4.99 Å².